The number of hydrogen-bond acceptors (Lipinski definition) is 4. The molecule has 6 nitrogen and oxygen atoms in total. The molecule has 1 amide bonds. The van der Waals surface area contributed by atoms with Gasteiger partial charge in [0.15, 0.2) is 0 Å². The molecule has 110 valence electrons. The maximum absolute atomic E-state index is 11.9. The van der Waals surface area contributed by atoms with Crippen molar-refractivity contribution in [3.8, 4) is 0 Å². The fraction of sp³-hybridized carbons (Fsp3) is 0.500. The first-order valence-corrected chi connectivity index (χ1v) is 6.53. The lowest BCUT2D eigenvalue weighted by Gasteiger charge is -2.09. The molecule has 0 aliphatic rings. The molecule has 0 aromatic heterocycles. The van der Waals surface area contributed by atoms with E-state index in [1.165, 1.54) is 12.1 Å². The van der Waals surface area contributed by atoms with E-state index in [0.717, 1.165) is 0 Å². The first kappa shape index (κ1) is 16.1. The lowest BCUT2D eigenvalue weighted by Crippen LogP contribution is -2.28. The molecule has 0 heterocycles. The molecular weight excluding hydrogens is 260 g/mol. The van der Waals surface area contributed by atoms with Gasteiger partial charge >= 0.3 is 0 Å². The van der Waals surface area contributed by atoms with Gasteiger partial charge < -0.3 is 10.1 Å². The Balaban J connectivity index is 2.56. The summed E-state index contributed by atoms with van der Waals surface area (Å²) in [6.45, 7) is 7.12. The largest absolute Gasteiger partial charge is 0.379 e. The number of hydrogen-bond donors (Lipinski definition) is 1. The zero-order valence-corrected chi connectivity index (χ0v) is 12.0. The molecule has 1 rings (SSSR count). The lowest BCUT2D eigenvalue weighted by atomic mass is 10.1. The molecule has 0 atom stereocenters. The quantitative estimate of drug-likeness (QED) is 0.472. The predicted molar refractivity (Wildman–Crippen MR) is 75.8 cm³/mol. The van der Waals surface area contributed by atoms with Crippen molar-refractivity contribution < 1.29 is 14.5 Å². The van der Waals surface area contributed by atoms with Crippen molar-refractivity contribution in [2.45, 2.75) is 20.8 Å². The highest BCUT2D eigenvalue weighted by atomic mass is 16.6. The first-order chi connectivity index (χ1) is 9.43. The van der Waals surface area contributed by atoms with Gasteiger partial charge in [0, 0.05) is 30.3 Å². The molecule has 0 aliphatic heterocycles. The number of nitro benzene ring substituents is 1. The zero-order valence-electron chi connectivity index (χ0n) is 12.0. The number of benzene rings is 1. The van der Waals surface area contributed by atoms with Crippen molar-refractivity contribution in [3.63, 3.8) is 0 Å². The fourth-order valence-corrected chi connectivity index (χ4v) is 1.72. The first-order valence-electron chi connectivity index (χ1n) is 6.53. The van der Waals surface area contributed by atoms with Crippen LogP contribution < -0.4 is 5.32 Å². The number of carbonyl (C=O) groups excluding carboxylic acids is 1. The molecule has 0 saturated heterocycles. The van der Waals surface area contributed by atoms with E-state index in [-0.39, 0.29) is 11.6 Å². The van der Waals surface area contributed by atoms with Crippen LogP contribution in [0.25, 0.3) is 0 Å². The summed E-state index contributed by atoms with van der Waals surface area (Å²) in [5.74, 6) is 0.129. The number of rotatable bonds is 7. The molecule has 0 aliphatic carbocycles. The number of nitrogens with one attached hydrogen (secondary N) is 1. The minimum atomic E-state index is -0.488. The summed E-state index contributed by atoms with van der Waals surface area (Å²) in [4.78, 5) is 22.3. The van der Waals surface area contributed by atoms with E-state index < -0.39 is 4.92 Å². The molecule has 0 spiro atoms. The molecular formula is C14H20N2O4. The van der Waals surface area contributed by atoms with E-state index in [1.54, 1.807) is 13.0 Å². The number of amides is 1. The van der Waals surface area contributed by atoms with E-state index in [1.807, 2.05) is 13.8 Å². The van der Waals surface area contributed by atoms with E-state index in [4.69, 9.17) is 4.74 Å². The van der Waals surface area contributed by atoms with Crippen LogP contribution in [-0.2, 0) is 4.74 Å². The third-order valence-electron chi connectivity index (χ3n) is 2.73. The van der Waals surface area contributed by atoms with Crippen LogP contribution in [-0.4, -0.2) is 30.6 Å². The van der Waals surface area contributed by atoms with Crippen LogP contribution in [0.5, 0.6) is 0 Å². The predicted octanol–water partition coefficient (Wildman–Crippen LogP) is 2.31. The number of carbonyl (C=O) groups is 1. The Morgan fingerprint density at radius 2 is 2.15 bits per heavy atom. The average Bonchev–Trinajstić information content (AvgIpc) is 2.37. The maximum atomic E-state index is 11.9. The summed E-state index contributed by atoms with van der Waals surface area (Å²) in [6, 6.07) is 4.47. The van der Waals surface area contributed by atoms with Crippen LogP contribution in [0.3, 0.4) is 0 Å². The summed E-state index contributed by atoms with van der Waals surface area (Å²) >= 11 is 0. The molecule has 1 aromatic rings. The Hall–Kier alpha value is -1.95. The highest BCUT2D eigenvalue weighted by molar-refractivity contribution is 5.96. The normalized spacial score (nSPS) is 10.6. The summed E-state index contributed by atoms with van der Waals surface area (Å²) in [5, 5.41) is 13.5. The highest BCUT2D eigenvalue weighted by Crippen LogP contribution is 2.20. The van der Waals surface area contributed by atoms with Crippen molar-refractivity contribution in [2.75, 3.05) is 19.8 Å². The highest BCUT2D eigenvalue weighted by Gasteiger charge is 2.17. The van der Waals surface area contributed by atoms with Crippen molar-refractivity contribution in [3.05, 3.63) is 39.4 Å². The molecule has 20 heavy (non-hydrogen) atoms. The molecule has 1 N–H and O–H groups in total. The lowest BCUT2D eigenvalue weighted by molar-refractivity contribution is -0.385. The van der Waals surface area contributed by atoms with Gasteiger partial charge in [0.05, 0.1) is 11.5 Å². The van der Waals surface area contributed by atoms with Gasteiger partial charge in [0.25, 0.3) is 11.6 Å². The summed E-state index contributed by atoms with van der Waals surface area (Å²) in [6.07, 6.45) is 0. The van der Waals surface area contributed by atoms with E-state index in [9.17, 15) is 14.9 Å². The molecule has 0 unspecified atom stereocenters. The summed E-state index contributed by atoms with van der Waals surface area (Å²) < 4.78 is 5.35. The Labute approximate surface area is 118 Å². The maximum Gasteiger partial charge on any atom is 0.273 e. The molecule has 1 aromatic carbocycles. The monoisotopic (exact) mass is 280 g/mol. The topological polar surface area (TPSA) is 81.5 Å². The Bertz CT molecular complexity index is 486. The fourth-order valence-electron chi connectivity index (χ4n) is 1.72. The van der Waals surface area contributed by atoms with Gasteiger partial charge in [-0.2, -0.15) is 0 Å². The Morgan fingerprint density at radius 1 is 1.45 bits per heavy atom. The van der Waals surface area contributed by atoms with Gasteiger partial charge in [-0.05, 0) is 18.9 Å². The second kappa shape index (κ2) is 7.59. The van der Waals surface area contributed by atoms with Gasteiger partial charge in [0.1, 0.15) is 0 Å². The molecule has 0 bridgehead atoms. The van der Waals surface area contributed by atoms with E-state index in [2.05, 4.69) is 5.32 Å². The van der Waals surface area contributed by atoms with Gasteiger partial charge in [-0.25, -0.2) is 0 Å². The Morgan fingerprint density at radius 3 is 2.75 bits per heavy atom. The minimum Gasteiger partial charge on any atom is -0.379 e. The van der Waals surface area contributed by atoms with Crippen molar-refractivity contribution in [2.24, 2.45) is 5.92 Å². The van der Waals surface area contributed by atoms with Crippen molar-refractivity contribution in [1.29, 1.82) is 0 Å². The summed E-state index contributed by atoms with van der Waals surface area (Å²) in [5.41, 5.74) is 0.648. The minimum absolute atomic E-state index is 0.0475. The SMILES string of the molecule is Cc1c(C(=O)NCCOCC(C)C)cccc1[N+](=O)[O-]. The van der Waals surface area contributed by atoms with Crippen LogP contribution in [0.1, 0.15) is 29.8 Å². The van der Waals surface area contributed by atoms with Crippen molar-refractivity contribution in [1.82, 2.24) is 5.32 Å². The smallest absolute Gasteiger partial charge is 0.273 e. The van der Waals surface area contributed by atoms with Gasteiger partial charge in [-0.1, -0.05) is 19.9 Å². The second-order valence-corrected chi connectivity index (χ2v) is 4.93. The molecule has 6 heteroatoms. The number of nitro groups is 1. The van der Waals surface area contributed by atoms with Gasteiger partial charge in [-0.3, -0.25) is 14.9 Å². The molecule has 0 saturated carbocycles. The standard InChI is InChI=1S/C14H20N2O4/c1-10(2)9-20-8-7-15-14(17)12-5-4-6-13(11(12)3)16(18)19/h4-6,10H,7-9H2,1-3H3,(H,15,17). The average molecular weight is 280 g/mol. The summed E-state index contributed by atoms with van der Waals surface area (Å²) in [7, 11) is 0. The van der Waals surface area contributed by atoms with E-state index in [0.29, 0.717) is 36.8 Å². The van der Waals surface area contributed by atoms with Crippen LogP contribution in [0.4, 0.5) is 5.69 Å². The van der Waals surface area contributed by atoms with Crippen LogP contribution in [0, 0.1) is 23.0 Å². The van der Waals surface area contributed by atoms with E-state index >= 15 is 0 Å². The van der Waals surface area contributed by atoms with Crippen LogP contribution >= 0.6 is 0 Å². The third kappa shape index (κ3) is 4.62. The molecule has 0 radical (unpaired) electrons. The third-order valence-corrected chi connectivity index (χ3v) is 2.73. The van der Waals surface area contributed by atoms with Crippen LogP contribution in [0.2, 0.25) is 0 Å². The Kier molecular flexibility index (Phi) is 6.11. The second-order valence-electron chi connectivity index (χ2n) is 4.93. The molecule has 0 fully saturated rings. The van der Waals surface area contributed by atoms with Gasteiger partial charge in [-0.15, -0.1) is 0 Å². The van der Waals surface area contributed by atoms with Crippen LogP contribution in [0.15, 0.2) is 18.2 Å². The van der Waals surface area contributed by atoms with Gasteiger partial charge in [0.2, 0.25) is 0 Å². The zero-order chi connectivity index (χ0) is 15.1. The number of ether oxygens (including phenoxy) is 1. The van der Waals surface area contributed by atoms with Crippen molar-refractivity contribution >= 4 is 11.6 Å². The number of nitrogens with zero attached hydrogens (tertiary/aromatic N) is 1.